The van der Waals surface area contributed by atoms with Crippen LogP contribution in [0.5, 0.6) is 0 Å². The Balaban J connectivity index is 2.40. The minimum Gasteiger partial charge on any atom is -0.262 e. The lowest BCUT2D eigenvalue weighted by Gasteiger charge is -2.08. The van der Waals surface area contributed by atoms with E-state index in [1.54, 1.807) is 0 Å². The minimum atomic E-state index is -3.84. The molecule has 0 radical (unpaired) electrons. The summed E-state index contributed by atoms with van der Waals surface area (Å²) in [5.74, 6) is 0.105. The van der Waals surface area contributed by atoms with Crippen LogP contribution in [0.25, 0.3) is 0 Å². The largest absolute Gasteiger partial charge is 0.264 e. The summed E-state index contributed by atoms with van der Waals surface area (Å²) in [5, 5.41) is 0.356. The standard InChI is InChI=1S/C10H7Cl2N3O2S/c11-7-1-2-8(12)9(5-7)18(16,17)15-10-6-13-3-4-14-10/h1-6H,(H,14,15). The van der Waals surface area contributed by atoms with Gasteiger partial charge < -0.3 is 0 Å². The van der Waals surface area contributed by atoms with Crippen LogP contribution in [0.3, 0.4) is 0 Å². The van der Waals surface area contributed by atoms with Crippen LogP contribution in [-0.4, -0.2) is 18.4 Å². The molecule has 1 aromatic carbocycles. The molecule has 1 aromatic heterocycles. The van der Waals surface area contributed by atoms with Gasteiger partial charge in [-0.25, -0.2) is 13.4 Å². The molecule has 0 fully saturated rings. The van der Waals surface area contributed by atoms with Gasteiger partial charge in [0, 0.05) is 17.4 Å². The molecule has 2 rings (SSSR count). The van der Waals surface area contributed by atoms with Crippen molar-refractivity contribution in [1.29, 1.82) is 0 Å². The molecule has 0 aliphatic rings. The van der Waals surface area contributed by atoms with Gasteiger partial charge in [-0.3, -0.25) is 9.71 Å². The fourth-order valence-electron chi connectivity index (χ4n) is 1.23. The van der Waals surface area contributed by atoms with Gasteiger partial charge in [0.2, 0.25) is 0 Å². The molecule has 0 saturated heterocycles. The highest BCUT2D eigenvalue weighted by atomic mass is 35.5. The molecule has 2 aromatic rings. The topological polar surface area (TPSA) is 72.0 Å². The molecule has 5 nitrogen and oxygen atoms in total. The van der Waals surface area contributed by atoms with Gasteiger partial charge in [0.1, 0.15) is 4.90 Å². The van der Waals surface area contributed by atoms with Crippen LogP contribution in [0, 0.1) is 0 Å². The van der Waals surface area contributed by atoms with Gasteiger partial charge in [-0.1, -0.05) is 23.2 Å². The summed E-state index contributed by atoms with van der Waals surface area (Å²) >= 11 is 11.6. The summed E-state index contributed by atoms with van der Waals surface area (Å²) in [5.41, 5.74) is 0. The molecule has 0 atom stereocenters. The van der Waals surface area contributed by atoms with Crippen LogP contribution in [0.1, 0.15) is 0 Å². The maximum Gasteiger partial charge on any atom is 0.264 e. The summed E-state index contributed by atoms with van der Waals surface area (Å²) in [6.45, 7) is 0. The Morgan fingerprint density at radius 1 is 1.17 bits per heavy atom. The van der Waals surface area contributed by atoms with E-state index in [9.17, 15) is 8.42 Å². The normalized spacial score (nSPS) is 11.2. The molecule has 0 bridgehead atoms. The zero-order valence-electron chi connectivity index (χ0n) is 8.84. The lowest BCUT2D eigenvalue weighted by atomic mass is 10.4. The van der Waals surface area contributed by atoms with Crippen molar-refractivity contribution in [1.82, 2.24) is 9.97 Å². The fraction of sp³-hybridized carbons (Fsp3) is 0. The van der Waals surface area contributed by atoms with Crippen molar-refractivity contribution in [2.24, 2.45) is 0 Å². The molecule has 0 saturated carbocycles. The quantitative estimate of drug-likeness (QED) is 0.946. The van der Waals surface area contributed by atoms with Crippen LogP contribution in [0.4, 0.5) is 5.82 Å². The summed E-state index contributed by atoms with van der Waals surface area (Å²) in [6.07, 6.45) is 4.09. The second kappa shape index (κ2) is 5.09. The molecule has 94 valence electrons. The molecular formula is C10H7Cl2N3O2S. The van der Waals surface area contributed by atoms with E-state index >= 15 is 0 Å². The third kappa shape index (κ3) is 2.90. The predicted octanol–water partition coefficient (Wildman–Crippen LogP) is 2.58. The fourth-order valence-corrected chi connectivity index (χ4v) is 2.98. The van der Waals surface area contributed by atoms with Crippen LogP contribution in [0.2, 0.25) is 10.0 Å². The van der Waals surface area contributed by atoms with Crippen LogP contribution in [0.15, 0.2) is 41.7 Å². The second-order valence-corrected chi connectivity index (χ2v) is 5.77. The number of hydrogen-bond donors (Lipinski definition) is 1. The van der Waals surface area contributed by atoms with Gasteiger partial charge in [-0.15, -0.1) is 0 Å². The highest BCUT2D eigenvalue weighted by Crippen LogP contribution is 2.26. The minimum absolute atomic E-state index is 0.0794. The van der Waals surface area contributed by atoms with E-state index in [0.717, 1.165) is 0 Å². The van der Waals surface area contributed by atoms with Gasteiger partial charge in [0.15, 0.2) is 5.82 Å². The first-order valence-corrected chi connectivity index (χ1v) is 6.97. The average Bonchev–Trinajstić information content (AvgIpc) is 2.33. The van der Waals surface area contributed by atoms with Crippen molar-refractivity contribution in [3.63, 3.8) is 0 Å². The van der Waals surface area contributed by atoms with E-state index < -0.39 is 10.0 Å². The van der Waals surface area contributed by atoms with E-state index in [1.165, 1.54) is 36.8 Å². The first-order valence-electron chi connectivity index (χ1n) is 4.73. The molecular weight excluding hydrogens is 297 g/mol. The Kier molecular flexibility index (Phi) is 3.70. The second-order valence-electron chi connectivity index (χ2n) is 3.27. The van der Waals surface area contributed by atoms with Gasteiger partial charge in [-0.2, -0.15) is 0 Å². The number of nitrogens with zero attached hydrogens (tertiary/aromatic N) is 2. The maximum absolute atomic E-state index is 12.1. The van der Waals surface area contributed by atoms with E-state index in [1.807, 2.05) is 0 Å². The lowest BCUT2D eigenvalue weighted by molar-refractivity contribution is 0.601. The first-order chi connectivity index (χ1) is 8.49. The van der Waals surface area contributed by atoms with Crippen LogP contribution >= 0.6 is 23.2 Å². The molecule has 0 amide bonds. The summed E-state index contributed by atoms with van der Waals surface area (Å²) in [6, 6.07) is 4.18. The zero-order chi connectivity index (χ0) is 13.2. The Labute approximate surface area is 114 Å². The van der Waals surface area contributed by atoms with Crippen molar-refractivity contribution in [3.05, 3.63) is 46.8 Å². The van der Waals surface area contributed by atoms with Crippen molar-refractivity contribution >= 4 is 39.0 Å². The molecule has 18 heavy (non-hydrogen) atoms. The first kappa shape index (κ1) is 13.1. The lowest BCUT2D eigenvalue weighted by Crippen LogP contribution is -2.14. The highest BCUT2D eigenvalue weighted by molar-refractivity contribution is 7.92. The molecule has 0 unspecified atom stereocenters. The number of benzene rings is 1. The number of hydrogen-bond acceptors (Lipinski definition) is 4. The number of halogens is 2. The molecule has 1 heterocycles. The molecule has 0 spiro atoms. The highest BCUT2D eigenvalue weighted by Gasteiger charge is 2.19. The monoisotopic (exact) mass is 303 g/mol. The van der Waals surface area contributed by atoms with E-state index in [2.05, 4.69) is 14.7 Å². The van der Waals surface area contributed by atoms with Crippen LogP contribution in [-0.2, 0) is 10.0 Å². The summed E-state index contributed by atoms with van der Waals surface area (Å²) in [4.78, 5) is 7.46. The Bertz CT molecular complexity index is 662. The van der Waals surface area contributed by atoms with Crippen molar-refractivity contribution in [2.75, 3.05) is 4.72 Å². The van der Waals surface area contributed by atoms with Gasteiger partial charge in [0.05, 0.1) is 11.2 Å². The predicted molar refractivity (Wildman–Crippen MR) is 69.3 cm³/mol. The number of anilines is 1. The number of sulfonamides is 1. The summed E-state index contributed by atoms with van der Waals surface area (Å²) in [7, 11) is -3.84. The molecule has 1 N–H and O–H groups in total. The van der Waals surface area contributed by atoms with E-state index in [4.69, 9.17) is 23.2 Å². The molecule has 8 heteroatoms. The number of rotatable bonds is 3. The van der Waals surface area contributed by atoms with Gasteiger partial charge >= 0.3 is 0 Å². The maximum atomic E-state index is 12.1. The summed E-state index contributed by atoms with van der Waals surface area (Å²) < 4.78 is 26.4. The Morgan fingerprint density at radius 2 is 1.94 bits per heavy atom. The third-order valence-corrected chi connectivity index (χ3v) is 4.06. The Morgan fingerprint density at radius 3 is 2.61 bits per heavy atom. The molecule has 0 aliphatic heterocycles. The SMILES string of the molecule is O=S(=O)(Nc1cnccn1)c1cc(Cl)ccc1Cl. The van der Waals surface area contributed by atoms with E-state index in [-0.39, 0.29) is 20.8 Å². The average molecular weight is 304 g/mol. The van der Waals surface area contributed by atoms with Gasteiger partial charge in [0.25, 0.3) is 10.0 Å². The van der Waals surface area contributed by atoms with Crippen molar-refractivity contribution in [2.45, 2.75) is 4.90 Å². The number of nitrogens with one attached hydrogen (secondary N) is 1. The zero-order valence-corrected chi connectivity index (χ0v) is 11.2. The van der Waals surface area contributed by atoms with E-state index in [0.29, 0.717) is 0 Å². The Hall–Kier alpha value is -1.37. The van der Waals surface area contributed by atoms with Gasteiger partial charge in [-0.05, 0) is 18.2 Å². The molecule has 0 aliphatic carbocycles. The van der Waals surface area contributed by atoms with Crippen LogP contribution < -0.4 is 4.72 Å². The third-order valence-electron chi connectivity index (χ3n) is 1.98. The smallest absolute Gasteiger partial charge is 0.262 e. The van der Waals surface area contributed by atoms with Crippen molar-refractivity contribution in [3.8, 4) is 0 Å². The number of aromatic nitrogens is 2. The van der Waals surface area contributed by atoms with Crippen molar-refractivity contribution < 1.29 is 8.42 Å².